The molecule has 2 atom stereocenters. The third kappa shape index (κ3) is 7.99. The molecule has 0 aliphatic carbocycles. The Labute approximate surface area is 110 Å². The highest BCUT2D eigenvalue weighted by atomic mass is 32.2. The van der Waals surface area contributed by atoms with E-state index >= 15 is 0 Å². The molecule has 1 heterocycles. The van der Waals surface area contributed by atoms with Crippen LogP contribution in [0.4, 0.5) is 0 Å². The van der Waals surface area contributed by atoms with Crippen molar-refractivity contribution in [1.82, 2.24) is 15.4 Å². The Morgan fingerprint density at radius 3 is 2.83 bits per heavy atom. The van der Waals surface area contributed by atoms with Gasteiger partial charge in [-0.05, 0) is 26.3 Å². The van der Waals surface area contributed by atoms with E-state index in [0.29, 0.717) is 18.6 Å². The molecule has 6 nitrogen and oxygen atoms in total. The number of morpholine rings is 1. The third-order valence-electron chi connectivity index (χ3n) is 2.85. The summed E-state index contributed by atoms with van der Waals surface area (Å²) in [6.45, 7) is 5.95. The summed E-state index contributed by atoms with van der Waals surface area (Å²) in [5.74, 6) is 0. The molecule has 1 aliphatic heterocycles. The van der Waals surface area contributed by atoms with Crippen molar-refractivity contribution < 1.29 is 13.2 Å². The maximum Gasteiger partial charge on any atom is 0.208 e. The van der Waals surface area contributed by atoms with Crippen LogP contribution in [-0.2, 0) is 14.8 Å². The van der Waals surface area contributed by atoms with Crippen LogP contribution in [0.3, 0.4) is 0 Å². The molecule has 0 aromatic heterocycles. The van der Waals surface area contributed by atoms with Gasteiger partial charge in [-0.25, -0.2) is 13.1 Å². The monoisotopic (exact) mass is 279 g/mol. The van der Waals surface area contributed by atoms with Gasteiger partial charge < -0.3 is 15.4 Å². The highest BCUT2D eigenvalue weighted by Crippen LogP contribution is 2.02. The van der Waals surface area contributed by atoms with Gasteiger partial charge in [0.1, 0.15) is 0 Å². The van der Waals surface area contributed by atoms with E-state index in [1.54, 1.807) is 0 Å². The Hall–Kier alpha value is -0.210. The first-order chi connectivity index (χ1) is 8.47. The summed E-state index contributed by atoms with van der Waals surface area (Å²) < 4.78 is 29.5. The molecule has 0 spiro atoms. The van der Waals surface area contributed by atoms with E-state index in [-0.39, 0.29) is 0 Å². The van der Waals surface area contributed by atoms with Crippen LogP contribution in [0.1, 0.15) is 19.8 Å². The minimum absolute atomic E-state index is 0.405. The van der Waals surface area contributed by atoms with E-state index < -0.39 is 10.0 Å². The first-order valence-electron chi connectivity index (χ1n) is 6.46. The summed E-state index contributed by atoms with van der Waals surface area (Å²) >= 11 is 0. The Morgan fingerprint density at radius 1 is 1.44 bits per heavy atom. The lowest BCUT2D eigenvalue weighted by molar-refractivity contribution is 0.0712. The van der Waals surface area contributed by atoms with Gasteiger partial charge in [-0.1, -0.05) is 0 Å². The molecule has 0 aromatic rings. The fourth-order valence-electron chi connectivity index (χ4n) is 1.98. The van der Waals surface area contributed by atoms with Crippen LogP contribution in [0.25, 0.3) is 0 Å². The molecule has 7 heteroatoms. The Kier molecular flexibility index (Phi) is 7.10. The minimum Gasteiger partial charge on any atom is -0.379 e. The highest BCUT2D eigenvalue weighted by molar-refractivity contribution is 7.88. The second-order valence-corrected chi connectivity index (χ2v) is 6.67. The van der Waals surface area contributed by atoms with Crippen LogP contribution >= 0.6 is 0 Å². The van der Waals surface area contributed by atoms with Crippen molar-refractivity contribution in [2.45, 2.75) is 31.8 Å². The fourth-order valence-corrected chi connectivity index (χ4v) is 2.49. The molecule has 18 heavy (non-hydrogen) atoms. The predicted octanol–water partition coefficient (Wildman–Crippen LogP) is -0.718. The lowest BCUT2D eigenvalue weighted by Gasteiger charge is -2.26. The lowest BCUT2D eigenvalue weighted by Crippen LogP contribution is -2.45. The Balaban J connectivity index is 2.01. The van der Waals surface area contributed by atoms with E-state index in [1.807, 2.05) is 0 Å². The number of hydrogen-bond donors (Lipinski definition) is 3. The van der Waals surface area contributed by atoms with Crippen LogP contribution in [0.2, 0.25) is 0 Å². The second-order valence-electron chi connectivity index (χ2n) is 4.84. The van der Waals surface area contributed by atoms with E-state index in [2.05, 4.69) is 22.3 Å². The maximum atomic E-state index is 10.8. The average Bonchev–Trinajstić information content (AvgIpc) is 2.28. The summed E-state index contributed by atoms with van der Waals surface area (Å²) in [5, 5.41) is 6.80. The van der Waals surface area contributed by atoms with Crippen LogP contribution in [0.15, 0.2) is 0 Å². The first kappa shape index (κ1) is 15.8. The lowest BCUT2D eigenvalue weighted by atomic mass is 10.1. The Bertz CT molecular complexity index is 315. The molecular weight excluding hydrogens is 254 g/mol. The summed E-state index contributed by atoms with van der Waals surface area (Å²) in [6, 6.07) is 0.831. The van der Waals surface area contributed by atoms with Gasteiger partial charge in [0.05, 0.1) is 19.5 Å². The third-order valence-corrected chi connectivity index (χ3v) is 3.58. The molecule has 2 unspecified atom stereocenters. The SMILES string of the molecule is CC(CC1COCCN1)NCCCNS(C)(=O)=O. The van der Waals surface area contributed by atoms with Crippen molar-refractivity contribution in [2.24, 2.45) is 0 Å². The maximum absolute atomic E-state index is 10.8. The van der Waals surface area contributed by atoms with Crippen molar-refractivity contribution in [1.29, 1.82) is 0 Å². The largest absolute Gasteiger partial charge is 0.379 e. The fraction of sp³-hybridized carbons (Fsp3) is 1.00. The number of hydrogen-bond acceptors (Lipinski definition) is 5. The standard InChI is InChI=1S/C11H25N3O3S/c1-10(8-11-9-17-7-6-13-11)12-4-3-5-14-18(2,15)16/h10-14H,3-9H2,1-2H3. The van der Waals surface area contributed by atoms with Crippen molar-refractivity contribution in [2.75, 3.05) is 39.1 Å². The number of rotatable bonds is 8. The number of nitrogens with one attached hydrogen (secondary N) is 3. The van der Waals surface area contributed by atoms with Gasteiger partial charge in [-0.2, -0.15) is 0 Å². The topological polar surface area (TPSA) is 79.5 Å². The van der Waals surface area contributed by atoms with Gasteiger partial charge in [-0.3, -0.25) is 0 Å². The van der Waals surface area contributed by atoms with Crippen molar-refractivity contribution in [3.63, 3.8) is 0 Å². The van der Waals surface area contributed by atoms with Crippen molar-refractivity contribution >= 4 is 10.0 Å². The molecule has 0 radical (unpaired) electrons. The van der Waals surface area contributed by atoms with E-state index in [9.17, 15) is 8.42 Å². The molecule has 3 N–H and O–H groups in total. The van der Waals surface area contributed by atoms with E-state index in [1.165, 1.54) is 6.26 Å². The first-order valence-corrected chi connectivity index (χ1v) is 8.35. The molecule has 0 aromatic carbocycles. The molecule has 1 fully saturated rings. The van der Waals surface area contributed by atoms with Crippen molar-refractivity contribution in [3.8, 4) is 0 Å². The van der Waals surface area contributed by atoms with Crippen LogP contribution in [-0.4, -0.2) is 59.6 Å². The average molecular weight is 279 g/mol. The normalized spacial score (nSPS) is 22.9. The van der Waals surface area contributed by atoms with Gasteiger partial charge >= 0.3 is 0 Å². The predicted molar refractivity (Wildman–Crippen MR) is 72.2 cm³/mol. The molecule has 1 aliphatic rings. The van der Waals surface area contributed by atoms with E-state index in [4.69, 9.17) is 4.74 Å². The molecule has 0 saturated carbocycles. The van der Waals surface area contributed by atoms with Gasteiger partial charge in [-0.15, -0.1) is 0 Å². The molecular formula is C11H25N3O3S. The molecule has 0 amide bonds. The molecule has 1 saturated heterocycles. The summed E-state index contributed by atoms with van der Waals surface area (Å²) in [4.78, 5) is 0. The zero-order valence-corrected chi connectivity index (χ0v) is 12.1. The van der Waals surface area contributed by atoms with Crippen LogP contribution in [0.5, 0.6) is 0 Å². The summed E-state index contributed by atoms with van der Waals surface area (Å²) in [5.41, 5.74) is 0. The quantitative estimate of drug-likeness (QED) is 0.511. The zero-order valence-electron chi connectivity index (χ0n) is 11.2. The highest BCUT2D eigenvalue weighted by Gasteiger charge is 2.15. The molecule has 108 valence electrons. The zero-order chi connectivity index (χ0) is 13.4. The van der Waals surface area contributed by atoms with Crippen LogP contribution < -0.4 is 15.4 Å². The van der Waals surface area contributed by atoms with Gasteiger partial charge in [0.25, 0.3) is 0 Å². The van der Waals surface area contributed by atoms with E-state index in [0.717, 1.165) is 39.1 Å². The van der Waals surface area contributed by atoms with Crippen molar-refractivity contribution in [3.05, 3.63) is 0 Å². The second kappa shape index (κ2) is 8.06. The van der Waals surface area contributed by atoms with Gasteiger partial charge in [0.15, 0.2) is 0 Å². The number of ether oxygens (including phenoxy) is 1. The summed E-state index contributed by atoms with van der Waals surface area (Å²) in [7, 11) is -3.05. The Morgan fingerprint density at radius 2 is 2.22 bits per heavy atom. The number of sulfonamides is 1. The molecule has 0 bridgehead atoms. The minimum atomic E-state index is -3.05. The van der Waals surface area contributed by atoms with Crippen LogP contribution in [0, 0.1) is 0 Å². The smallest absolute Gasteiger partial charge is 0.208 e. The van der Waals surface area contributed by atoms with Gasteiger partial charge in [0, 0.05) is 25.2 Å². The summed E-state index contributed by atoms with van der Waals surface area (Å²) in [6.07, 6.45) is 3.00. The van der Waals surface area contributed by atoms with Gasteiger partial charge in [0.2, 0.25) is 10.0 Å². The molecule has 1 rings (SSSR count).